The molecule has 1 N–H and O–H groups in total. The fourth-order valence-electron chi connectivity index (χ4n) is 3.03. The van der Waals surface area contributed by atoms with Gasteiger partial charge in [-0.15, -0.1) is 0 Å². The third kappa shape index (κ3) is 4.98. The van der Waals surface area contributed by atoms with Gasteiger partial charge in [-0.2, -0.15) is 0 Å². The Bertz CT molecular complexity index is 562. The summed E-state index contributed by atoms with van der Waals surface area (Å²) in [4.78, 5) is 11.3. The zero-order chi connectivity index (χ0) is 16.7. The largest absolute Gasteiger partial charge is 0.482 e. The molecule has 0 atom stereocenters. The average molecular weight is 319 g/mol. The average Bonchev–Trinajstić information content (AvgIpc) is 3.05. The van der Waals surface area contributed by atoms with Gasteiger partial charge in [0.1, 0.15) is 5.75 Å². The Labute approximate surface area is 137 Å². The van der Waals surface area contributed by atoms with Gasteiger partial charge in [0.2, 0.25) is 0 Å². The van der Waals surface area contributed by atoms with Crippen molar-refractivity contribution in [2.75, 3.05) is 13.2 Å². The van der Waals surface area contributed by atoms with E-state index < -0.39 is 0 Å². The maximum Gasteiger partial charge on any atom is 0.344 e. The van der Waals surface area contributed by atoms with Crippen LogP contribution in [0.3, 0.4) is 0 Å². The van der Waals surface area contributed by atoms with E-state index in [1.54, 1.807) is 6.92 Å². The highest BCUT2D eigenvalue weighted by molar-refractivity contribution is 6.00. The van der Waals surface area contributed by atoms with Crippen LogP contribution in [0.2, 0.25) is 0 Å². The van der Waals surface area contributed by atoms with Crippen molar-refractivity contribution in [3.8, 4) is 5.75 Å². The van der Waals surface area contributed by atoms with Crippen molar-refractivity contribution < 1.29 is 19.5 Å². The first-order valence-corrected chi connectivity index (χ1v) is 8.24. The van der Waals surface area contributed by atoms with E-state index in [-0.39, 0.29) is 12.6 Å². The van der Waals surface area contributed by atoms with E-state index in [0.717, 1.165) is 23.3 Å². The Hall–Kier alpha value is -2.04. The molecule has 0 amide bonds. The maximum absolute atomic E-state index is 11.3. The quantitative estimate of drug-likeness (QED) is 0.360. The normalized spacial score (nSPS) is 15.7. The summed E-state index contributed by atoms with van der Waals surface area (Å²) in [5.41, 5.74) is 2.52. The van der Waals surface area contributed by atoms with Crippen LogP contribution in [0.15, 0.2) is 23.4 Å². The van der Waals surface area contributed by atoms with Gasteiger partial charge in [0.05, 0.1) is 12.3 Å². The van der Waals surface area contributed by atoms with Crippen molar-refractivity contribution in [3.63, 3.8) is 0 Å². The highest BCUT2D eigenvalue weighted by atomic mass is 16.6. The summed E-state index contributed by atoms with van der Waals surface area (Å²) in [6, 6.07) is 5.62. The number of hydrogen-bond donors (Lipinski definition) is 1. The molecular weight excluding hydrogens is 294 g/mol. The second-order valence-corrected chi connectivity index (χ2v) is 5.98. The van der Waals surface area contributed by atoms with Gasteiger partial charge < -0.3 is 14.7 Å². The summed E-state index contributed by atoms with van der Waals surface area (Å²) in [6.07, 6.45) is 5.75. The molecule has 2 rings (SSSR count). The van der Waals surface area contributed by atoms with E-state index in [1.165, 1.54) is 25.7 Å². The molecule has 1 saturated carbocycles. The molecule has 126 valence electrons. The lowest BCUT2D eigenvalue weighted by atomic mass is 9.95. The maximum atomic E-state index is 11.3. The molecule has 0 spiro atoms. The summed E-state index contributed by atoms with van der Waals surface area (Å²) in [6.45, 7) is 3.92. The van der Waals surface area contributed by atoms with Crippen LogP contribution in [0, 0.1) is 12.8 Å². The summed E-state index contributed by atoms with van der Waals surface area (Å²) in [5, 5.41) is 12.8. The van der Waals surface area contributed by atoms with E-state index in [2.05, 4.69) is 5.16 Å². The van der Waals surface area contributed by atoms with Crippen molar-refractivity contribution in [2.45, 2.75) is 46.0 Å². The molecule has 5 heteroatoms. The van der Waals surface area contributed by atoms with Gasteiger partial charge in [-0.25, -0.2) is 4.79 Å². The van der Waals surface area contributed by atoms with Crippen molar-refractivity contribution in [1.82, 2.24) is 0 Å². The number of aryl methyl sites for hydroxylation is 1. The minimum absolute atomic E-state index is 0.100. The van der Waals surface area contributed by atoms with Crippen molar-refractivity contribution in [2.24, 2.45) is 11.1 Å². The number of carbonyl (C=O) groups excluding carboxylic acids is 1. The highest BCUT2D eigenvalue weighted by Gasteiger charge is 2.19. The topological polar surface area (TPSA) is 68.1 Å². The lowest BCUT2D eigenvalue weighted by molar-refractivity contribution is -0.145. The molecule has 0 saturated heterocycles. The van der Waals surface area contributed by atoms with Crippen molar-refractivity contribution in [1.29, 1.82) is 0 Å². The zero-order valence-electron chi connectivity index (χ0n) is 13.9. The Morgan fingerprint density at radius 1 is 1.35 bits per heavy atom. The number of ether oxygens (including phenoxy) is 2. The Morgan fingerprint density at radius 3 is 2.70 bits per heavy atom. The monoisotopic (exact) mass is 319 g/mol. The van der Waals surface area contributed by atoms with Crippen molar-refractivity contribution in [3.05, 3.63) is 29.3 Å². The first-order valence-electron chi connectivity index (χ1n) is 8.24. The van der Waals surface area contributed by atoms with E-state index in [4.69, 9.17) is 9.47 Å². The first-order chi connectivity index (χ1) is 11.1. The number of nitrogens with zero attached hydrogens (tertiary/aromatic N) is 1. The number of esters is 1. The first kappa shape index (κ1) is 17.3. The Balaban J connectivity index is 2.00. The fourth-order valence-corrected chi connectivity index (χ4v) is 3.03. The van der Waals surface area contributed by atoms with E-state index in [0.29, 0.717) is 18.3 Å². The standard InChI is InChI=1S/C18H25NO4/c1-3-22-18(20)12-23-17-9-8-15(10-13(17)2)16(19-21)11-14-6-4-5-7-14/h8-10,14,21H,3-7,11-12H2,1-2H3. The molecule has 0 bridgehead atoms. The highest BCUT2D eigenvalue weighted by Crippen LogP contribution is 2.29. The number of carbonyl (C=O) groups is 1. The third-order valence-corrected chi connectivity index (χ3v) is 4.24. The van der Waals surface area contributed by atoms with Crippen LogP contribution in [0.4, 0.5) is 0 Å². The summed E-state index contributed by atoms with van der Waals surface area (Å²) >= 11 is 0. The molecule has 0 aromatic heterocycles. The molecule has 1 aromatic rings. The van der Waals surface area contributed by atoms with Gasteiger partial charge in [-0.3, -0.25) is 0 Å². The van der Waals surface area contributed by atoms with Gasteiger partial charge in [-0.05, 0) is 55.5 Å². The molecule has 23 heavy (non-hydrogen) atoms. The zero-order valence-corrected chi connectivity index (χ0v) is 13.9. The van der Waals surface area contributed by atoms with Crippen LogP contribution in [0.1, 0.15) is 50.2 Å². The van der Waals surface area contributed by atoms with Crippen LogP contribution in [0.25, 0.3) is 0 Å². The molecule has 0 radical (unpaired) electrons. The SMILES string of the molecule is CCOC(=O)COc1ccc(C(CC2CCCC2)=NO)cc1C. The smallest absolute Gasteiger partial charge is 0.344 e. The van der Waals surface area contributed by atoms with Gasteiger partial charge in [0.15, 0.2) is 6.61 Å². The Kier molecular flexibility index (Phi) is 6.44. The second-order valence-electron chi connectivity index (χ2n) is 5.98. The molecule has 1 aromatic carbocycles. The molecule has 0 unspecified atom stereocenters. The van der Waals surface area contributed by atoms with Gasteiger partial charge in [0.25, 0.3) is 0 Å². The molecular formula is C18H25NO4. The Morgan fingerprint density at radius 2 is 2.09 bits per heavy atom. The minimum Gasteiger partial charge on any atom is -0.482 e. The molecule has 1 aliphatic rings. The molecule has 5 nitrogen and oxygen atoms in total. The van der Waals surface area contributed by atoms with E-state index >= 15 is 0 Å². The van der Waals surface area contributed by atoms with E-state index in [1.807, 2.05) is 25.1 Å². The lowest BCUT2D eigenvalue weighted by Crippen LogP contribution is -2.15. The molecule has 0 heterocycles. The number of benzene rings is 1. The third-order valence-electron chi connectivity index (χ3n) is 4.24. The second kappa shape index (κ2) is 8.56. The predicted octanol–water partition coefficient (Wildman–Crippen LogP) is 3.70. The van der Waals surface area contributed by atoms with Crippen LogP contribution in [-0.4, -0.2) is 30.1 Å². The molecule has 0 aliphatic heterocycles. The number of oxime groups is 1. The molecule has 1 fully saturated rings. The number of rotatable bonds is 7. The summed E-state index contributed by atoms with van der Waals surface area (Å²) < 4.78 is 10.3. The lowest BCUT2D eigenvalue weighted by Gasteiger charge is -2.13. The summed E-state index contributed by atoms with van der Waals surface area (Å²) in [7, 11) is 0. The summed E-state index contributed by atoms with van der Waals surface area (Å²) in [5.74, 6) is 0.871. The van der Waals surface area contributed by atoms with Crippen LogP contribution >= 0.6 is 0 Å². The van der Waals surface area contributed by atoms with Crippen LogP contribution < -0.4 is 4.74 Å². The van der Waals surface area contributed by atoms with Crippen molar-refractivity contribution >= 4 is 11.7 Å². The van der Waals surface area contributed by atoms with Crippen LogP contribution in [-0.2, 0) is 9.53 Å². The predicted molar refractivity (Wildman–Crippen MR) is 88.2 cm³/mol. The fraction of sp³-hybridized carbons (Fsp3) is 0.556. The van der Waals surface area contributed by atoms with Gasteiger partial charge in [-0.1, -0.05) is 30.8 Å². The van der Waals surface area contributed by atoms with Crippen LogP contribution in [0.5, 0.6) is 5.75 Å². The number of hydrogen-bond acceptors (Lipinski definition) is 5. The van der Waals surface area contributed by atoms with Gasteiger partial charge in [0, 0.05) is 0 Å². The molecule has 1 aliphatic carbocycles. The minimum atomic E-state index is -0.380. The van der Waals surface area contributed by atoms with E-state index in [9.17, 15) is 10.0 Å². The van der Waals surface area contributed by atoms with Gasteiger partial charge >= 0.3 is 5.97 Å².